The van der Waals surface area contributed by atoms with E-state index in [1.807, 2.05) is 0 Å². The van der Waals surface area contributed by atoms with Crippen LogP contribution in [0, 0.1) is 5.82 Å². The predicted molar refractivity (Wildman–Crippen MR) is 62.7 cm³/mol. The molecule has 17 heavy (non-hydrogen) atoms. The molecule has 0 aliphatic carbocycles. The van der Waals surface area contributed by atoms with Crippen LogP contribution in [-0.4, -0.2) is 25.7 Å². The second-order valence-electron chi connectivity index (χ2n) is 3.47. The number of anilines is 1. The summed E-state index contributed by atoms with van der Waals surface area (Å²) in [7, 11) is 1.40. The van der Waals surface area contributed by atoms with Crippen LogP contribution >= 0.6 is 0 Å². The fraction of sp³-hybridized carbons (Fsp3) is 0.417. The average molecular weight is 241 g/mol. The van der Waals surface area contributed by atoms with Gasteiger partial charge in [-0.25, -0.2) is 9.18 Å². The molecule has 0 saturated carbocycles. The third-order valence-electron chi connectivity index (χ3n) is 2.18. The van der Waals surface area contributed by atoms with Crippen molar-refractivity contribution in [1.82, 2.24) is 0 Å². The Morgan fingerprint density at radius 1 is 1.53 bits per heavy atom. The molecule has 0 heterocycles. The molecule has 0 aliphatic heterocycles. The molecule has 0 radical (unpaired) electrons. The van der Waals surface area contributed by atoms with Crippen molar-refractivity contribution < 1.29 is 18.7 Å². The number of methoxy groups -OCH3 is 1. The minimum atomic E-state index is -0.525. The van der Waals surface area contributed by atoms with Crippen LogP contribution in [0.1, 0.15) is 13.8 Å². The summed E-state index contributed by atoms with van der Waals surface area (Å²) in [5.41, 5.74) is 0.504. The van der Waals surface area contributed by atoms with Gasteiger partial charge in [0.05, 0.1) is 13.7 Å². The second-order valence-corrected chi connectivity index (χ2v) is 3.47. The van der Waals surface area contributed by atoms with Crippen LogP contribution < -0.4 is 10.1 Å². The van der Waals surface area contributed by atoms with E-state index in [9.17, 15) is 9.18 Å². The Kier molecular flexibility index (Phi) is 4.75. The largest absolute Gasteiger partial charge is 0.494 e. The SMILES string of the molecule is CCOC(=O)C(C)Nc1ccc(OC)c(F)c1. The molecule has 1 atom stereocenters. The maximum absolute atomic E-state index is 13.4. The number of esters is 1. The first-order chi connectivity index (χ1) is 8.08. The van der Waals surface area contributed by atoms with Gasteiger partial charge in [0.2, 0.25) is 0 Å². The molecule has 1 N–H and O–H groups in total. The van der Waals surface area contributed by atoms with Gasteiger partial charge in [-0.3, -0.25) is 0 Å². The predicted octanol–water partition coefficient (Wildman–Crippen LogP) is 2.20. The van der Waals surface area contributed by atoms with E-state index < -0.39 is 11.9 Å². The van der Waals surface area contributed by atoms with Crippen LogP contribution in [0.4, 0.5) is 10.1 Å². The average Bonchev–Trinajstić information content (AvgIpc) is 2.29. The van der Waals surface area contributed by atoms with Crippen LogP contribution in [0.2, 0.25) is 0 Å². The number of carbonyl (C=O) groups excluding carboxylic acids is 1. The summed E-state index contributed by atoms with van der Waals surface area (Å²) >= 11 is 0. The van der Waals surface area contributed by atoms with Gasteiger partial charge in [-0.15, -0.1) is 0 Å². The topological polar surface area (TPSA) is 47.6 Å². The molecule has 0 bridgehead atoms. The first kappa shape index (κ1) is 13.3. The number of halogens is 1. The van der Waals surface area contributed by atoms with Gasteiger partial charge in [-0.1, -0.05) is 0 Å². The lowest BCUT2D eigenvalue weighted by molar-refractivity contribution is -0.143. The van der Waals surface area contributed by atoms with E-state index >= 15 is 0 Å². The number of nitrogens with one attached hydrogen (secondary N) is 1. The summed E-state index contributed by atoms with van der Waals surface area (Å²) in [6, 6.07) is 3.88. The first-order valence-corrected chi connectivity index (χ1v) is 5.35. The van der Waals surface area contributed by atoms with Crippen LogP contribution in [-0.2, 0) is 9.53 Å². The molecule has 0 spiro atoms. The fourth-order valence-electron chi connectivity index (χ4n) is 1.33. The lowest BCUT2D eigenvalue weighted by Crippen LogP contribution is -2.28. The van der Waals surface area contributed by atoms with Crippen LogP contribution in [0.3, 0.4) is 0 Å². The van der Waals surface area contributed by atoms with Gasteiger partial charge in [0.1, 0.15) is 6.04 Å². The molecule has 0 saturated heterocycles. The molecule has 5 heteroatoms. The van der Waals surface area contributed by atoms with Crippen molar-refractivity contribution in [3.63, 3.8) is 0 Å². The van der Waals surface area contributed by atoms with Gasteiger partial charge in [0, 0.05) is 11.8 Å². The lowest BCUT2D eigenvalue weighted by Gasteiger charge is -2.14. The molecule has 94 valence electrons. The van der Waals surface area contributed by atoms with Crippen LogP contribution in [0.5, 0.6) is 5.75 Å². The maximum Gasteiger partial charge on any atom is 0.328 e. The highest BCUT2D eigenvalue weighted by atomic mass is 19.1. The standard InChI is InChI=1S/C12H16FNO3/c1-4-17-12(15)8(2)14-9-5-6-11(16-3)10(13)7-9/h5-8,14H,4H2,1-3H3. The van der Waals surface area contributed by atoms with Crippen molar-refractivity contribution in [2.75, 3.05) is 19.0 Å². The summed E-state index contributed by atoms with van der Waals surface area (Å²) in [6.45, 7) is 3.71. The van der Waals surface area contributed by atoms with E-state index in [1.165, 1.54) is 19.2 Å². The van der Waals surface area contributed by atoms with Crippen LogP contribution in [0.25, 0.3) is 0 Å². The molecule has 0 fully saturated rings. The smallest absolute Gasteiger partial charge is 0.328 e. The number of hydrogen-bond acceptors (Lipinski definition) is 4. The molecule has 1 unspecified atom stereocenters. The molecule has 1 aromatic carbocycles. The highest BCUT2D eigenvalue weighted by molar-refractivity contribution is 5.78. The molecule has 0 aliphatic rings. The Labute approximate surface area is 99.7 Å². The van der Waals surface area contributed by atoms with Gasteiger partial charge in [-0.05, 0) is 26.0 Å². The van der Waals surface area contributed by atoms with Crippen molar-refractivity contribution in [3.8, 4) is 5.75 Å². The van der Waals surface area contributed by atoms with E-state index in [4.69, 9.17) is 9.47 Å². The van der Waals surface area contributed by atoms with E-state index in [-0.39, 0.29) is 11.7 Å². The monoisotopic (exact) mass is 241 g/mol. The highest BCUT2D eigenvalue weighted by Crippen LogP contribution is 2.21. The minimum Gasteiger partial charge on any atom is -0.494 e. The molecule has 4 nitrogen and oxygen atoms in total. The molecule has 1 aromatic rings. The van der Waals surface area contributed by atoms with E-state index in [1.54, 1.807) is 19.9 Å². The summed E-state index contributed by atoms with van der Waals surface area (Å²) in [4.78, 5) is 11.4. The van der Waals surface area contributed by atoms with Crippen molar-refractivity contribution in [2.45, 2.75) is 19.9 Å². The van der Waals surface area contributed by atoms with Gasteiger partial charge in [0.25, 0.3) is 0 Å². The van der Waals surface area contributed by atoms with E-state index in [0.717, 1.165) is 0 Å². The molecule has 0 amide bonds. The summed E-state index contributed by atoms with van der Waals surface area (Å²) < 4.78 is 23.0. The Hall–Kier alpha value is -1.78. The summed E-state index contributed by atoms with van der Waals surface area (Å²) in [5.74, 6) is -0.684. The number of hydrogen-bond donors (Lipinski definition) is 1. The summed E-state index contributed by atoms with van der Waals surface area (Å²) in [5, 5.41) is 2.85. The van der Waals surface area contributed by atoms with Crippen molar-refractivity contribution in [2.24, 2.45) is 0 Å². The molecule has 0 aromatic heterocycles. The van der Waals surface area contributed by atoms with Gasteiger partial charge in [-0.2, -0.15) is 0 Å². The number of carbonyl (C=O) groups is 1. The fourth-order valence-corrected chi connectivity index (χ4v) is 1.33. The molecular weight excluding hydrogens is 225 g/mol. The van der Waals surface area contributed by atoms with Crippen molar-refractivity contribution in [1.29, 1.82) is 0 Å². The van der Waals surface area contributed by atoms with Crippen molar-refractivity contribution in [3.05, 3.63) is 24.0 Å². The molecule has 1 rings (SSSR count). The van der Waals surface area contributed by atoms with Gasteiger partial charge in [0.15, 0.2) is 11.6 Å². The quantitative estimate of drug-likeness (QED) is 0.803. The zero-order valence-corrected chi connectivity index (χ0v) is 10.1. The molecular formula is C12H16FNO3. The third-order valence-corrected chi connectivity index (χ3v) is 2.18. The highest BCUT2D eigenvalue weighted by Gasteiger charge is 2.14. The van der Waals surface area contributed by atoms with Gasteiger partial charge < -0.3 is 14.8 Å². The third kappa shape index (κ3) is 3.62. The maximum atomic E-state index is 13.4. The van der Waals surface area contributed by atoms with E-state index in [0.29, 0.717) is 12.3 Å². The zero-order chi connectivity index (χ0) is 12.8. The Morgan fingerprint density at radius 2 is 2.24 bits per heavy atom. The summed E-state index contributed by atoms with van der Waals surface area (Å²) in [6.07, 6.45) is 0. The van der Waals surface area contributed by atoms with Crippen molar-refractivity contribution >= 4 is 11.7 Å². The van der Waals surface area contributed by atoms with Crippen LogP contribution in [0.15, 0.2) is 18.2 Å². The number of benzene rings is 1. The second kappa shape index (κ2) is 6.08. The minimum absolute atomic E-state index is 0.166. The van der Waals surface area contributed by atoms with Gasteiger partial charge >= 0.3 is 5.97 Å². The Morgan fingerprint density at radius 3 is 2.76 bits per heavy atom. The number of ether oxygens (including phenoxy) is 2. The van der Waals surface area contributed by atoms with E-state index in [2.05, 4.69) is 5.32 Å². The zero-order valence-electron chi connectivity index (χ0n) is 10.1. The number of rotatable bonds is 5. The lowest BCUT2D eigenvalue weighted by atomic mass is 10.2. The normalized spacial score (nSPS) is 11.8. The first-order valence-electron chi connectivity index (χ1n) is 5.35. The Bertz CT molecular complexity index is 395. The Balaban J connectivity index is 2.68.